The van der Waals surface area contributed by atoms with Crippen molar-refractivity contribution in [2.24, 2.45) is 5.92 Å². The van der Waals surface area contributed by atoms with Crippen LogP contribution in [0.1, 0.15) is 55.7 Å². The van der Waals surface area contributed by atoms with Crippen molar-refractivity contribution in [2.45, 2.75) is 81.3 Å². The summed E-state index contributed by atoms with van der Waals surface area (Å²) in [5.74, 6) is 1.04. The monoisotopic (exact) mass is 461 g/mol. The van der Waals surface area contributed by atoms with Crippen LogP contribution in [-0.4, -0.2) is 45.9 Å². The number of quaternary nitrogens is 1. The standard InChI is InChI=1S/C28H31NO5/c1-17(19-7-8-19)29(32)14-13-27-24-20-9-10-21(30)25(24)34-26(27)22(31)11-12-28(27,23(29)15-20)33-16-18-5-3-2-4-6-18/h2-6,9-10,17,19,23,26,30H,7-8,11-16H2,1H3/t17?,23-,26+,27+,28-,29?/m1/s1. The summed E-state index contributed by atoms with van der Waals surface area (Å²) in [6.45, 7) is 2.98. The second-order valence-corrected chi connectivity index (χ2v) is 11.2. The fraction of sp³-hybridized carbons (Fsp3) is 0.536. The number of nitrogens with zero attached hydrogens (tertiary/aromatic N) is 1. The van der Waals surface area contributed by atoms with Gasteiger partial charge in [-0.3, -0.25) is 4.79 Å². The van der Waals surface area contributed by atoms with E-state index < -0.39 is 17.1 Å². The van der Waals surface area contributed by atoms with Crippen LogP contribution in [0.5, 0.6) is 11.5 Å². The lowest BCUT2D eigenvalue weighted by Gasteiger charge is -2.69. The molecule has 7 rings (SSSR count). The lowest BCUT2D eigenvalue weighted by Crippen LogP contribution is -2.82. The maximum atomic E-state index is 14.9. The summed E-state index contributed by atoms with van der Waals surface area (Å²) in [6, 6.07) is 13.4. The average Bonchev–Trinajstić information content (AvgIpc) is 3.63. The van der Waals surface area contributed by atoms with Crippen LogP contribution >= 0.6 is 0 Å². The minimum Gasteiger partial charge on any atom is -0.632 e. The molecule has 6 nitrogen and oxygen atoms in total. The molecule has 3 fully saturated rings. The van der Waals surface area contributed by atoms with Gasteiger partial charge in [-0.2, -0.15) is 0 Å². The van der Waals surface area contributed by atoms with E-state index in [0.717, 1.165) is 29.5 Å². The van der Waals surface area contributed by atoms with E-state index in [-0.39, 0.29) is 28.3 Å². The molecule has 2 heterocycles. The number of benzene rings is 2. The highest BCUT2D eigenvalue weighted by atomic mass is 16.6. The molecule has 2 bridgehead atoms. The van der Waals surface area contributed by atoms with Gasteiger partial charge in [-0.05, 0) is 43.4 Å². The van der Waals surface area contributed by atoms with E-state index >= 15 is 0 Å². The molecule has 6 atom stereocenters. The minimum atomic E-state index is -0.809. The van der Waals surface area contributed by atoms with Crippen molar-refractivity contribution in [3.63, 3.8) is 0 Å². The van der Waals surface area contributed by atoms with Crippen molar-refractivity contribution in [1.82, 2.24) is 0 Å². The summed E-state index contributed by atoms with van der Waals surface area (Å²) in [5.41, 5.74) is 1.49. The Hall–Kier alpha value is -2.41. The molecule has 0 aromatic heterocycles. The number of hydrogen-bond acceptors (Lipinski definition) is 5. The molecule has 178 valence electrons. The Morgan fingerprint density at radius 2 is 2.00 bits per heavy atom. The summed E-state index contributed by atoms with van der Waals surface area (Å²) in [7, 11) is 0. The minimum absolute atomic E-state index is 0.0103. The Balaban J connectivity index is 1.44. The predicted molar refractivity (Wildman–Crippen MR) is 125 cm³/mol. The lowest BCUT2D eigenvalue weighted by molar-refractivity contribution is -0.945. The molecule has 6 heteroatoms. The second kappa shape index (κ2) is 6.84. The van der Waals surface area contributed by atoms with Crippen molar-refractivity contribution in [3.8, 4) is 11.5 Å². The molecule has 2 unspecified atom stereocenters. The first-order valence-electron chi connectivity index (χ1n) is 12.7. The van der Waals surface area contributed by atoms with E-state index in [2.05, 4.69) is 6.92 Å². The van der Waals surface area contributed by atoms with Gasteiger partial charge in [-0.15, -0.1) is 0 Å². The van der Waals surface area contributed by atoms with Gasteiger partial charge < -0.3 is 24.4 Å². The quantitative estimate of drug-likeness (QED) is 0.535. The molecule has 0 amide bonds. The number of ether oxygens (including phenoxy) is 2. The van der Waals surface area contributed by atoms with Crippen LogP contribution in [0.3, 0.4) is 0 Å². The number of carbonyl (C=O) groups is 1. The summed E-state index contributed by atoms with van der Waals surface area (Å²) >= 11 is 0. The second-order valence-electron chi connectivity index (χ2n) is 11.2. The van der Waals surface area contributed by atoms with Gasteiger partial charge in [0.15, 0.2) is 23.4 Å². The molecule has 0 radical (unpaired) electrons. The van der Waals surface area contributed by atoms with Crippen LogP contribution in [0, 0.1) is 11.1 Å². The van der Waals surface area contributed by atoms with Gasteiger partial charge in [0.05, 0.1) is 24.6 Å². The zero-order chi connectivity index (χ0) is 23.3. The SMILES string of the molecule is CC(C1CC1)[N+]1([O-])CC[C@]23c4c5ccc(O)c4O[C@H]2C(=O)CC[C@@]3(OCc2ccccc2)[C@H]1C5. The number of rotatable bonds is 5. The molecule has 34 heavy (non-hydrogen) atoms. The van der Waals surface area contributed by atoms with E-state index in [4.69, 9.17) is 9.47 Å². The normalized spacial score (nSPS) is 38.2. The third kappa shape index (κ3) is 2.44. The first-order valence-corrected chi connectivity index (χ1v) is 12.7. The van der Waals surface area contributed by atoms with Crippen LogP contribution in [-0.2, 0) is 28.0 Å². The smallest absolute Gasteiger partial charge is 0.174 e. The molecule has 2 saturated carbocycles. The predicted octanol–water partition coefficient (Wildman–Crippen LogP) is 4.15. The van der Waals surface area contributed by atoms with Crippen molar-refractivity contribution in [2.75, 3.05) is 6.54 Å². The lowest BCUT2D eigenvalue weighted by atomic mass is 9.48. The van der Waals surface area contributed by atoms with Gasteiger partial charge in [0.2, 0.25) is 0 Å². The fourth-order valence-electron chi connectivity index (χ4n) is 8.00. The molecular formula is C28H31NO5. The van der Waals surface area contributed by atoms with Crippen molar-refractivity contribution >= 4 is 5.78 Å². The number of carbonyl (C=O) groups excluding carboxylic acids is 1. The number of Topliss-reactive ketones (excluding diaryl/α,β-unsaturated/α-hetero) is 1. The van der Waals surface area contributed by atoms with E-state index in [1.165, 1.54) is 0 Å². The topological polar surface area (TPSA) is 78.8 Å². The van der Waals surface area contributed by atoms with E-state index in [1.54, 1.807) is 6.07 Å². The molecular weight excluding hydrogens is 430 g/mol. The summed E-state index contributed by atoms with van der Waals surface area (Å²) in [6.07, 6.45) is 3.53. The Morgan fingerprint density at radius 1 is 1.21 bits per heavy atom. The third-order valence-corrected chi connectivity index (χ3v) is 9.81. The fourth-order valence-corrected chi connectivity index (χ4v) is 8.00. The largest absolute Gasteiger partial charge is 0.632 e. The van der Waals surface area contributed by atoms with E-state index in [1.807, 2.05) is 36.4 Å². The van der Waals surface area contributed by atoms with Gasteiger partial charge >= 0.3 is 0 Å². The molecule has 3 aliphatic carbocycles. The van der Waals surface area contributed by atoms with Crippen LogP contribution in [0.2, 0.25) is 0 Å². The van der Waals surface area contributed by atoms with Gasteiger partial charge in [-0.25, -0.2) is 0 Å². The average molecular weight is 462 g/mol. The Labute approximate surface area is 199 Å². The Bertz CT molecular complexity index is 1180. The molecule has 1 N–H and O–H groups in total. The molecule has 5 aliphatic rings. The molecule has 1 saturated heterocycles. The summed E-state index contributed by atoms with van der Waals surface area (Å²) in [4.78, 5) is 13.3. The zero-order valence-corrected chi connectivity index (χ0v) is 19.5. The highest BCUT2D eigenvalue weighted by molar-refractivity contribution is 5.90. The van der Waals surface area contributed by atoms with E-state index in [0.29, 0.717) is 50.5 Å². The summed E-state index contributed by atoms with van der Waals surface area (Å²) in [5, 5.41) is 25.6. The van der Waals surface area contributed by atoms with Crippen molar-refractivity contribution in [3.05, 3.63) is 64.4 Å². The molecule has 2 aromatic carbocycles. The van der Waals surface area contributed by atoms with Crippen LogP contribution in [0.25, 0.3) is 0 Å². The van der Waals surface area contributed by atoms with Gasteiger partial charge in [0, 0.05) is 30.7 Å². The Kier molecular flexibility index (Phi) is 4.21. The van der Waals surface area contributed by atoms with Gasteiger partial charge in [0.25, 0.3) is 0 Å². The zero-order valence-electron chi connectivity index (χ0n) is 19.5. The number of piperidine rings is 1. The molecule has 1 spiro atoms. The number of phenols is 1. The molecule has 2 aliphatic heterocycles. The highest BCUT2D eigenvalue weighted by Gasteiger charge is 2.77. The van der Waals surface area contributed by atoms with Crippen LogP contribution < -0.4 is 4.74 Å². The number of hydrogen-bond donors (Lipinski definition) is 1. The maximum Gasteiger partial charge on any atom is 0.174 e. The number of ketones is 1. The highest BCUT2D eigenvalue weighted by Crippen LogP contribution is 2.67. The van der Waals surface area contributed by atoms with Crippen molar-refractivity contribution in [1.29, 1.82) is 0 Å². The Morgan fingerprint density at radius 3 is 2.76 bits per heavy atom. The van der Waals surface area contributed by atoms with Crippen LogP contribution in [0.4, 0.5) is 0 Å². The molecule has 2 aromatic rings. The first-order chi connectivity index (χ1) is 16.4. The maximum absolute atomic E-state index is 14.9. The summed E-state index contributed by atoms with van der Waals surface area (Å²) < 4.78 is 13.0. The first kappa shape index (κ1) is 20.9. The van der Waals surface area contributed by atoms with Gasteiger partial charge in [-0.1, -0.05) is 36.4 Å². The van der Waals surface area contributed by atoms with Crippen molar-refractivity contribution < 1.29 is 24.0 Å². The third-order valence-electron chi connectivity index (χ3n) is 9.81. The number of aromatic hydroxyl groups is 1. The van der Waals surface area contributed by atoms with Gasteiger partial charge in [0.1, 0.15) is 11.6 Å². The van der Waals surface area contributed by atoms with E-state index in [9.17, 15) is 15.1 Å². The number of hydroxylamine groups is 3. The van der Waals surface area contributed by atoms with Crippen LogP contribution in [0.15, 0.2) is 42.5 Å². The number of likely N-dealkylation sites (tertiary alicyclic amines) is 1. The number of phenolic OH excluding ortho intramolecular Hbond substituents is 1.